The second kappa shape index (κ2) is 11.4. The zero-order chi connectivity index (χ0) is 23.8. The minimum Gasteiger partial charge on any atom is -0.497 e. The summed E-state index contributed by atoms with van der Waals surface area (Å²) < 4.78 is 19.2. The molecule has 3 rings (SSSR count). The third kappa shape index (κ3) is 6.09. The molecule has 0 radical (unpaired) electrons. The number of nitrogens with zero attached hydrogens (tertiary/aromatic N) is 1. The molecule has 1 heterocycles. The van der Waals surface area contributed by atoms with Crippen molar-refractivity contribution < 1.29 is 23.5 Å². The average molecular weight is 456 g/mol. The maximum Gasteiger partial charge on any atom is 0.256 e. The van der Waals surface area contributed by atoms with E-state index in [2.05, 4.69) is 10.6 Å². The summed E-state index contributed by atoms with van der Waals surface area (Å²) in [5.74, 6) is -1.12. The highest BCUT2D eigenvalue weighted by Gasteiger charge is 2.34. The first-order valence-electron chi connectivity index (χ1n) is 11.2. The number of carbonyl (C=O) groups is 3. The van der Waals surface area contributed by atoms with Gasteiger partial charge in [-0.3, -0.25) is 14.4 Å². The number of hydrogen-bond donors (Lipinski definition) is 2. The molecule has 7 nitrogen and oxygen atoms in total. The SMILES string of the molecule is CCCNC(=O)C(NC(=O)c1cccc(OC)c1)C1CCN(C(=O)c2ccccc2F)CC1. The smallest absolute Gasteiger partial charge is 0.256 e. The Hall–Kier alpha value is -3.42. The van der Waals surface area contributed by atoms with Gasteiger partial charge in [-0.15, -0.1) is 0 Å². The number of halogens is 1. The van der Waals surface area contributed by atoms with Crippen LogP contribution in [-0.4, -0.2) is 55.4 Å². The third-order valence-corrected chi connectivity index (χ3v) is 5.85. The van der Waals surface area contributed by atoms with Crippen LogP contribution in [0.25, 0.3) is 0 Å². The molecule has 1 aliphatic heterocycles. The predicted molar refractivity (Wildman–Crippen MR) is 123 cm³/mol. The van der Waals surface area contributed by atoms with Crippen molar-refractivity contribution in [3.8, 4) is 5.75 Å². The molecule has 2 aromatic rings. The van der Waals surface area contributed by atoms with Gasteiger partial charge in [-0.2, -0.15) is 0 Å². The zero-order valence-electron chi connectivity index (χ0n) is 19.0. The van der Waals surface area contributed by atoms with E-state index in [1.807, 2.05) is 6.92 Å². The summed E-state index contributed by atoms with van der Waals surface area (Å²) in [5, 5.41) is 5.75. The summed E-state index contributed by atoms with van der Waals surface area (Å²) in [6, 6.07) is 11.9. The van der Waals surface area contributed by atoms with E-state index in [1.165, 1.54) is 19.2 Å². The van der Waals surface area contributed by atoms with Gasteiger partial charge in [0, 0.05) is 25.2 Å². The van der Waals surface area contributed by atoms with E-state index in [0.717, 1.165) is 6.42 Å². The van der Waals surface area contributed by atoms with Crippen LogP contribution in [0.15, 0.2) is 48.5 Å². The average Bonchev–Trinajstić information content (AvgIpc) is 2.85. The van der Waals surface area contributed by atoms with Crippen LogP contribution in [0.1, 0.15) is 46.9 Å². The highest BCUT2D eigenvalue weighted by Crippen LogP contribution is 2.24. The zero-order valence-corrected chi connectivity index (χ0v) is 19.0. The molecule has 1 atom stereocenters. The number of ether oxygens (including phenoxy) is 1. The van der Waals surface area contributed by atoms with Crippen LogP contribution in [-0.2, 0) is 4.79 Å². The van der Waals surface area contributed by atoms with Gasteiger partial charge in [0.2, 0.25) is 5.91 Å². The first-order valence-corrected chi connectivity index (χ1v) is 11.2. The first kappa shape index (κ1) is 24.2. The molecular formula is C25H30FN3O4. The molecular weight excluding hydrogens is 425 g/mol. The van der Waals surface area contributed by atoms with Crippen molar-refractivity contribution in [2.45, 2.75) is 32.2 Å². The van der Waals surface area contributed by atoms with Gasteiger partial charge < -0.3 is 20.3 Å². The van der Waals surface area contributed by atoms with Crippen LogP contribution in [0.2, 0.25) is 0 Å². The van der Waals surface area contributed by atoms with Crippen molar-refractivity contribution in [2.24, 2.45) is 5.92 Å². The minimum atomic E-state index is -0.735. The van der Waals surface area contributed by atoms with Gasteiger partial charge in [0.25, 0.3) is 11.8 Å². The van der Waals surface area contributed by atoms with Crippen molar-refractivity contribution >= 4 is 17.7 Å². The number of benzene rings is 2. The number of amides is 3. The molecule has 1 fully saturated rings. The largest absolute Gasteiger partial charge is 0.497 e. The van der Waals surface area contributed by atoms with E-state index < -0.39 is 11.9 Å². The normalized spacial score (nSPS) is 14.9. The Bertz CT molecular complexity index is 989. The molecule has 8 heteroatoms. The second-order valence-corrected chi connectivity index (χ2v) is 8.08. The Balaban J connectivity index is 1.70. The first-order chi connectivity index (χ1) is 15.9. The molecule has 2 aromatic carbocycles. The van der Waals surface area contributed by atoms with Gasteiger partial charge in [-0.1, -0.05) is 25.1 Å². The maximum atomic E-state index is 14.0. The Morgan fingerprint density at radius 3 is 2.52 bits per heavy atom. The van der Waals surface area contributed by atoms with E-state index in [0.29, 0.717) is 43.8 Å². The quantitative estimate of drug-likeness (QED) is 0.641. The number of rotatable bonds is 8. The van der Waals surface area contributed by atoms with Crippen LogP contribution in [0.4, 0.5) is 4.39 Å². The van der Waals surface area contributed by atoms with E-state index in [9.17, 15) is 18.8 Å². The molecule has 2 N–H and O–H groups in total. The van der Waals surface area contributed by atoms with Crippen LogP contribution in [0.5, 0.6) is 5.75 Å². The summed E-state index contributed by atoms with van der Waals surface area (Å²) in [6.45, 7) is 3.22. The Morgan fingerprint density at radius 1 is 1.12 bits per heavy atom. The molecule has 0 aromatic heterocycles. The van der Waals surface area contributed by atoms with Crippen LogP contribution in [0.3, 0.4) is 0 Å². The Kier molecular flexibility index (Phi) is 8.40. The number of hydrogen-bond acceptors (Lipinski definition) is 4. The van der Waals surface area contributed by atoms with E-state index >= 15 is 0 Å². The van der Waals surface area contributed by atoms with Gasteiger partial charge in [0.15, 0.2) is 0 Å². The van der Waals surface area contributed by atoms with Crippen molar-refractivity contribution in [1.82, 2.24) is 15.5 Å². The topological polar surface area (TPSA) is 87.7 Å². The lowest BCUT2D eigenvalue weighted by atomic mass is 9.88. The summed E-state index contributed by atoms with van der Waals surface area (Å²) in [6.07, 6.45) is 1.81. The van der Waals surface area contributed by atoms with Crippen molar-refractivity contribution in [1.29, 1.82) is 0 Å². The van der Waals surface area contributed by atoms with Crippen molar-refractivity contribution in [2.75, 3.05) is 26.7 Å². The lowest BCUT2D eigenvalue weighted by Crippen LogP contribution is -2.54. The highest BCUT2D eigenvalue weighted by molar-refractivity contribution is 5.98. The monoisotopic (exact) mass is 455 g/mol. The van der Waals surface area contributed by atoms with Crippen molar-refractivity contribution in [3.05, 3.63) is 65.5 Å². The second-order valence-electron chi connectivity index (χ2n) is 8.08. The molecule has 1 unspecified atom stereocenters. The Morgan fingerprint density at radius 2 is 1.85 bits per heavy atom. The Labute approximate surface area is 193 Å². The van der Waals surface area contributed by atoms with Gasteiger partial charge in [0.05, 0.1) is 12.7 Å². The number of nitrogens with one attached hydrogen (secondary N) is 2. The van der Waals surface area contributed by atoms with Crippen LogP contribution >= 0.6 is 0 Å². The molecule has 33 heavy (non-hydrogen) atoms. The molecule has 0 aliphatic carbocycles. The summed E-state index contributed by atoms with van der Waals surface area (Å²) >= 11 is 0. The molecule has 0 spiro atoms. The third-order valence-electron chi connectivity index (χ3n) is 5.85. The number of piperidine rings is 1. The molecule has 1 aliphatic rings. The lowest BCUT2D eigenvalue weighted by Gasteiger charge is -2.36. The summed E-state index contributed by atoms with van der Waals surface area (Å²) in [7, 11) is 1.52. The minimum absolute atomic E-state index is 0.0412. The summed E-state index contributed by atoms with van der Waals surface area (Å²) in [4.78, 5) is 40.1. The fraction of sp³-hybridized carbons (Fsp3) is 0.400. The van der Waals surface area contributed by atoms with Crippen LogP contribution < -0.4 is 15.4 Å². The number of likely N-dealkylation sites (tertiary alicyclic amines) is 1. The number of methoxy groups -OCH3 is 1. The van der Waals surface area contributed by atoms with Gasteiger partial charge in [-0.25, -0.2) is 4.39 Å². The fourth-order valence-electron chi connectivity index (χ4n) is 3.99. The molecule has 0 bridgehead atoms. The summed E-state index contributed by atoms with van der Waals surface area (Å²) in [5.41, 5.74) is 0.439. The van der Waals surface area contributed by atoms with Crippen LogP contribution in [0, 0.1) is 11.7 Å². The van der Waals surface area contributed by atoms with E-state index in [1.54, 1.807) is 41.3 Å². The predicted octanol–water partition coefficient (Wildman–Crippen LogP) is 3.01. The van der Waals surface area contributed by atoms with Gasteiger partial charge >= 0.3 is 0 Å². The maximum absolute atomic E-state index is 14.0. The van der Waals surface area contributed by atoms with E-state index in [4.69, 9.17) is 4.74 Å². The highest BCUT2D eigenvalue weighted by atomic mass is 19.1. The molecule has 0 saturated carbocycles. The standard InChI is InChI=1S/C25H30FN3O4/c1-3-13-27-24(31)22(28-23(30)18-7-6-8-19(16-18)33-2)17-11-14-29(15-12-17)25(32)20-9-4-5-10-21(20)26/h4-10,16-17,22H,3,11-15H2,1-2H3,(H,27,31)(H,28,30). The molecule has 3 amide bonds. The number of carbonyl (C=O) groups excluding carboxylic acids is 3. The molecule has 1 saturated heterocycles. The fourth-order valence-corrected chi connectivity index (χ4v) is 3.99. The molecule has 176 valence electrons. The lowest BCUT2D eigenvalue weighted by molar-refractivity contribution is -0.124. The van der Waals surface area contributed by atoms with Gasteiger partial charge in [0.1, 0.15) is 17.6 Å². The van der Waals surface area contributed by atoms with Crippen molar-refractivity contribution in [3.63, 3.8) is 0 Å². The van der Waals surface area contributed by atoms with Gasteiger partial charge in [-0.05, 0) is 55.5 Å². The van der Waals surface area contributed by atoms with E-state index in [-0.39, 0.29) is 29.2 Å².